The number of benzene rings is 1. The molecule has 22 heavy (non-hydrogen) atoms. The van der Waals surface area contributed by atoms with E-state index in [1.807, 2.05) is 18.2 Å². The van der Waals surface area contributed by atoms with Crippen LogP contribution in [0, 0.1) is 0 Å². The van der Waals surface area contributed by atoms with E-state index in [2.05, 4.69) is 10.4 Å². The zero-order valence-corrected chi connectivity index (χ0v) is 11.9. The zero-order valence-electron chi connectivity index (χ0n) is 11.9. The molecule has 1 aliphatic heterocycles. The first kappa shape index (κ1) is 13.1. The van der Waals surface area contributed by atoms with Crippen LogP contribution in [0.4, 0.5) is 0 Å². The average Bonchev–Trinajstić information content (AvgIpc) is 3.27. The van der Waals surface area contributed by atoms with E-state index in [9.17, 15) is 9.59 Å². The lowest BCUT2D eigenvalue weighted by atomic mass is 10.0. The van der Waals surface area contributed by atoms with Gasteiger partial charge in [0.25, 0.3) is 11.8 Å². The van der Waals surface area contributed by atoms with E-state index < -0.39 is 5.91 Å². The lowest BCUT2D eigenvalue weighted by Crippen LogP contribution is -2.49. The molecule has 1 N–H and O–H groups in total. The summed E-state index contributed by atoms with van der Waals surface area (Å²) in [5.41, 5.74) is 4.48. The summed E-state index contributed by atoms with van der Waals surface area (Å²) in [7, 11) is 0. The normalized spacial score (nSPS) is 17.3. The fraction of sp³-hybridized carbons (Fsp3) is 0.312. The molecule has 1 saturated carbocycles. The highest BCUT2D eigenvalue weighted by atomic mass is 16.3. The Morgan fingerprint density at radius 1 is 1.32 bits per heavy atom. The predicted molar refractivity (Wildman–Crippen MR) is 77.1 cm³/mol. The highest BCUT2D eigenvalue weighted by molar-refractivity contribution is 5.99. The number of carbonyl (C=O) groups excluding carboxylic acids is 2. The first-order chi connectivity index (χ1) is 10.7. The molecule has 0 spiro atoms. The second-order valence-electron chi connectivity index (χ2n) is 5.65. The van der Waals surface area contributed by atoms with Gasteiger partial charge in [0.1, 0.15) is 6.26 Å². The molecule has 2 aromatic rings. The van der Waals surface area contributed by atoms with Gasteiger partial charge in [-0.1, -0.05) is 18.2 Å². The first-order valence-corrected chi connectivity index (χ1v) is 7.38. The van der Waals surface area contributed by atoms with Gasteiger partial charge in [-0.15, -0.1) is 0 Å². The number of amides is 2. The first-order valence-electron chi connectivity index (χ1n) is 7.38. The largest absolute Gasteiger partial charge is 0.448 e. The molecule has 0 bridgehead atoms. The van der Waals surface area contributed by atoms with Crippen LogP contribution in [0.1, 0.15) is 51.1 Å². The van der Waals surface area contributed by atoms with Crippen LogP contribution in [0.15, 0.2) is 34.9 Å². The van der Waals surface area contributed by atoms with Crippen LogP contribution in [-0.4, -0.2) is 28.4 Å². The molecular weight excluding hydrogens is 282 g/mol. The molecule has 1 aromatic carbocycles. The van der Waals surface area contributed by atoms with Crippen molar-refractivity contribution in [1.82, 2.24) is 15.4 Å². The van der Waals surface area contributed by atoms with Crippen LogP contribution in [0.2, 0.25) is 0 Å². The maximum atomic E-state index is 12.4. The smallest absolute Gasteiger partial charge is 0.291 e. The number of carbonyl (C=O) groups is 2. The summed E-state index contributed by atoms with van der Waals surface area (Å²) in [6.45, 7) is 0.453. The summed E-state index contributed by atoms with van der Waals surface area (Å²) in [6.07, 6.45) is 4.19. The Hall–Kier alpha value is -2.63. The van der Waals surface area contributed by atoms with Gasteiger partial charge in [0, 0.05) is 18.0 Å². The van der Waals surface area contributed by atoms with Crippen molar-refractivity contribution >= 4 is 11.8 Å². The molecule has 6 nitrogen and oxygen atoms in total. The summed E-state index contributed by atoms with van der Waals surface area (Å²) >= 11 is 0. The second kappa shape index (κ2) is 4.98. The fourth-order valence-electron chi connectivity index (χ4n) is 2.62. The third kappa shape index (κ3) is 2.26. The van der Waals surface area contributed by atoms with Crippen LogP contribution >= 0.6 is 0 Å². The minimum Gasteiger partial charge on any atom is -0.448 e. The fourth-order valence-corrected chi connectivity index (χ4v) is 2.62. The Labute approximate surface area is 127 Å². The molecule has 6 heteroatoms. The molecule has 1 aromatic heterocycles. The molecule has 0 radical (unpaired) electrons. The van der Waals surface area contributed by atoms with Gasteiger partial charge in [0.05, 0.1) is 0 Å². The molecule has 0 saturated heterocycles. The third-order valence-electron chi connectivity index (χ3n) is 4.02. The SMILES string of the molecule is O=C(NN1CCc2ccccc2C1=O)c1coc(C2CC2)n1. The Balaban J connectivity index is 1.49. The number of nitrogens with zero attached hydrogens (tertiary/aromatic N) is 2. The van der Waals surface area contributed by atoms with E-state index in [4.69, 9.17) is 4.42 Å². The second-order valence-corrected chi connectivity index (χ2v) is 5.65. The van der Waals surface area contributed by atoms with Gasteiger partial charge in [-0.25, -0.2) is 9.99 Å². The number of fused-ring (bicyclic) bond motifs is 1. The van der Waals surface area contributed by atoms with E-state index in [0.29, 0.717) is 30.3 Å². The van der Waals surface area contributed by atoms with Crippen LogP contribution in [-0.2, 0) is 6.42 Å². The van der Waals surface area contributed by atoms with Crippen molar-refractivity contribution < 1.29 is 14.0 Å². The molecular formula is C16H15N3O3. The van der Waals surface area contributed by atoms with Crippen molar-refractivity contribution in [2.45, 2.75) is 25.2 Å². The lowest BCUT2D eigenvalue weighted by Gasteiger charge is -2.28. The molecule has 2 heterocycles. The minimum absolute atomic E-state index is 0.193. The van der Waals surface area contributed by atoms with Crippen molar-refractivity contribution in [2.75, 3.05) is 6.54 Å². The number of rotatable bonds is 3. The molecule has 2 amide bonds. The Morgan fingerprint density at radius 2 is 2.14 bits per heavy atom. The van der Waals surface area contributed by atoms with E-state index >= 15 is 0 Å². The van der Waals surface area contributed by atoms with Gasteiger partial charge in [-0.2, -0.15) is 0 Å². The van der Waals surface area contributed by atoms with Gasteiger partial charge in [-0.3, -0.25) is 15.0 Å². The molecule has 0 unspecified atom stereocenters. The van der Waals surface area contributed by atoms with E-state index in [1.165, 1.54) is 11.3 Å². The van der Waals surface area contributed by atoms with Crippen LogP contribution in [0.5, 0.6) is 0 Å². The monoisotopic (exact) mass is 297 g/mol. The maximum Gasteiger partial charge on any atom is 0.291 e. The summed E-state index contributed by atoms with van der Waals surface area (Å²) < 4.78 is 5.31. The summed E-state index contributed by atoms with van der Waals surface area (Å²) in [5.74, 6) is 0.356. The van der Waals surface area contributed by atoms with Crippen molar-refractivity contribution in [3.8, 4) is 0 Å². The van der Waals surface area contributed by atoms with Crippen LogP contribution in [0.3, 0.4) is 0 Å². The standard InChI is InChI=1S/C16H15N3O3/c20-14(13-9-22-15(17-13)11-5-6-11)18-19-8-7-10-3-1-2-4-12(10)16(19)21/h1-4,9,11H,5-8H2,(H,18,20). The van der Waals surface area contributed by atoms with Crippen molar-refractivity contribution in [3.63, 3.8) is 0 Å². The molecule has 1 fully saturated rings. The number of nitrogens with one attached hydrogen (secondary N) is 1. The van der Waals surface area contributed by atoms with E-state index in [-0.39, 0.29) is 11.6 Å². The Bertz CT molecular complexity index is 749. The highest BCUT2D eigenvalue weighted by Gasteiger charge is 2.30. The molecule has 112 valence electrons. The van der Waals surface area contributed by atoms with Gasteiger partial charge in [0.15, 0.2) is 11.6 Å². The Morgan fingerprint density at radius 3 is 2.95 bits per heavy atom. The minimum atomic E-state index is -0.414. The summed E-state index contributed by atoms with van der Waals surface area (Å²) in [6, 6.07) is 7.44. The summed E-state index contributed by atoms with van der Waals surface area (Å²) in [5, 5.41) is 1.34. The number of hydrogen-bond donors (Lipinski definition) is 1. The number of aromatic nitrogens is 1. The van der Waals surface area contributed by atoms with Crippen molar-refractivity contribution in [1.29, 1.82) is 0 Å². The van der Waals surface area contributed by atoms with Crippen LogP contribution in [0.25, 0.3) is 0 Å². The van der Waals surface area contributed by atoms with E-state index in [0.717, 1.165) is 18.4 Å². The highest BCUT2D eigenvalue weighted by Crippen LogP contribution is 2.39. The number of hydrazine groups is 1. The molecule has 4 rings (SSSR count). The third-order valence-corrected chi connectivity index (χ3v) is 4.02. The Kier molecular flexibility index (Phi) is 2.96. The van der Waals surface area contributed by atoms with Crippen molar-refractivity contribution in [3.05, 3.63) is 53.2 Å². The topological polar surface area (TPSA) is 75.4 Å². The van der Waals surface area contributed by atoms with Crippen molar-refractivity contribution in [2.24, 2.45) is 0 Å². The van der Waals surface area contributed by atoms with Gasteiger partial charge >= 0.3 is 0 Å². The molecule has 0 atom stereocenters. The summed E-state index contributed by atoms with van der Waals surface area (Å²) in [4.78, 5) is 28.8. The predicted octanol–water partition coefficient (Wildman–Crippen LogP) is 1.90. The maximum absolute atomic E-state index is 12.4. The van der Waals surface area contributed by atoms with E-state index in [1.54, 1.807) is 6.07 Å². The number of oxazole rings is 1. The lowest BCUT2D eigenvalue weighted by molar-refractivity contribution is 0.0566. The zero-order chi connectivity index (χ0) is 15.1. The number of hydrogen-bond acceptors (Lipinski definition) is 4. The van der Waals surface area contributed by atoms with Gasteiger partial charge in [0.2, 0.25) is 0 Å². The van der Waals surface area contributed by atoms with Gasteiger partial charge < -0.3 is 4.42 Å². The quantitative estimate of drug-likeness (QED) is 0.938. The van der Waals surface area contributed by atoms with Crippen LogP contribution < -0.4 is 5.43 Å². The molecule has 2 aliphatic rings. The molecule has 1 aliphatic carbocycles. The average molecular weight is 297 g/mol. The van der Waals surface area contributed by atoms with Gasteiger partial charge in [-0.05, 0) is 30.9 Å².